The summed E-state index contributed by atoms with van der Waals surface area (Å²) >= 11 is 0. The van der Waals surface area contributed by atoms with Gasteiger partial charge < -0.3 is 5.32 Å². The van der Waals surface area contributed by atoms with Gasteiger partial charge in [-0.1, -0.05) is 42.0 Å². The first kappa shape index (κ1) is 15.7. The van der Waals surface area contributed by atoms with Gasteiger partial charge in [0, 0.05) is 12.1 Å². The maximum atomic E-state index is 12.9. The predicted octanol–water partition coefficient (Wildman–Crippen LogP) is 4.81. The van der Waals surface area contributed by atoms with Gasteiger partial charge in [0.05, 0.1) is 0 Å². The summed E-state index contributed by atoms with van der Waals surface area (Å²) < 4.78 is 12.9. The van der Waals surface area contributed by atoms with Crippen LogP contribution < -0.4 is 5.32 Å². The van der Waals surface area contributed by atoms with Crippen LogP contribution in [0.25, 0.3) is 0 Å². The second-order valence-corrected chi connectivity index (χ2v) is 5.87. The van der Waals surface area contributed by atoms with Gasteiger partial charge in [-0.15, -0.1) is 0 Å². The second kappa shape index (κ2) is 7.37. The fraction of sp³-hybridized carbons (Fsp3) is 0.368. The fourth-order valence-corrected chi connectivity index (χ4v) is 2.61. The van der Waals surface area contributed by atoms with Crippen LogP contribution in [0.1, 0.15) is 43.0 Å². The maximum Gasteiger partial charge on any atom is 0.123 e. The number of aryl methyl sites for hydroxylation is 2. The maximum absolute atomic E-state index is 12.9. The van der Waals surface area contributed by atoms with Gasteiger partial charge in [-0.3, -0.25) is 0 Å². The average Bonchev–Trinajstić information content (AvgIpc) is 2.46. The Hall–Kier alpha value is -1.67. The van der Waals surface area contributed by atoms with Crippen LogP contribution in [-0.2, 0) is 6.42 Å². The molecule has 112 valence electrons. The smallest absolute Gasteiger partial charge is 0.123 e. The topological polar surface area (TPSA) is 12.0 Å². The lowest BCUT2D eigenvalue weighted by Gasteiger charge is -2.20. The van der Waals surface area contributed by atoms with Gasteiger partial charge in [0.15, 0.2) is 0 Å². The molecule has 0 spiro atoms. The second-order valence-electron chi connectivity index (χ2n) is 5.87. The van der Waals surface area contributed by atoms with Gasteiger partial charge in [0.1, 0.15) is 5.82 Å². The highest BCUT2D eigenvalue weighted by atomic mass is 19.1. The summed E-state index contributed by atoms with van der Waals surface area (Å²) in [5, 5.41) is 3.58. The van der Waals surface area contributed by atoms with Crippen LogP contribution in [0, 0.1) is 12.7 Å². The van der Waals surface area contributed by atoms with Crippen LogP contribution in [0.2, 0.25) is 0 Å². The van der Waals surface area contributed by atoms with Gasteiger partial charge in [-0.05, 0) is 56.9 Å². The first-order valence-electron chi connectivity index (χ1n) is 7.61. The Kier molecular flexibility index (Phi) is 5.51. The molecule has 0 amide bonds. The summed E-state index contributed by atoms with van der Waals surface area (Å²) in [4.78, 5) is 0. The zero-order valence-electron chi connectivity index (χ0n) is 13.1. The molecule has 0 bridgehead atoms. The third-order valence-electron chi connectivity index (χ3n) is 3.85. The van der Waals surface area contributed by atoms with Crippen LogP contribution in [0.3, 0.4) is 0 Å². The summed E-state index contributed by atoms with van der Waals surface area (Å²) in [6.07, 6.45) is 2.17. The molecule has 2 atom stereocenters. The third-order valence-corrected chi connectivity index (χ3v) is 3.85. The van der Waals surface area contributed by atoms with Crippen LogP contribution in [0.5, 0.6) is 0 Å². The first-order chi connectivity index (χ1) is 10.0. The molecular weight excluding hydrogens is 261 g/mol. The van der Waals surface area contributed by atoms with Crippen LogP contribution in [-0.4, -0.2) is 6.04 Å². The minimum atomic E-state index is -0.182. The van der Waals surface area contributed by atoms with E-state index in [4.69, 9.17) is 0 Å². The van der Waals surface area contributed by atoms with Crippen molar-refractivity contribution in [2.45, 2.75) is 45.7 Å². The Balaban J connectivity index is 1.83. The monoisotopic (exact) mass is 285 g/mol. The van der Waals surface area contributed by atoms with Crippen LogP contribution in [0.15, 0.2) is 48.5 Å². The van der Waals surface area contributed by atoms with Gasteiger partial charge in [0.25, 0.3) is 0 Å². The molecule has 0 fully saturated rings. The number of nitrogens with one attached hydrogen (secondary N) is 1. The molecule has 0 radical (unpaired) electrons. The minimum absolute atomic E-state index is 0.182. The predicted molar refractivity (Wildman–Crippen MR) is 86.9 cm³/mol. The molecule has 0 saturated heterocycles. The Labute approximate surface area is 127 Å². The number of rotatable bonds is 6. The van der Waals surface area contributed by atoms with Crippen molar-refractivity contribution in [1.29, 1.82) is 0 Å². The van der Waals surface area contributed by atoms with E-state index in [1.807, 2.05) is 12.1 Å². The first-order valence-corrected chi connectivity index (χ1v) is 7.61. The van der Waals surface area contributed by atoms with E-state index in [0.717, 1.165) is 18.4 Å². The van der Waals surface area contributed by atoms with E-state index >= 15 is 0 Å². The van der Waals surface area contributed by atoms with Gasteiger partial charge in [-0.25, -0.2) is 4.39 Å². The van der Waals surface area contributed by atoms with Gasteiger partial charge in [0.2, 0.25) is 0 Å². The molecule has 2 aromatic rings. The molecule has 0 aromatic heterocycles. The van der Waals surface area contributed by atoms with Crippen molar-refractivity contribution in [3.8, 4) is 0 Å². The quantitative estimate of drug-likeness (QED) is 0.803. The summed E-state index contributed by atoms with van der Waals surface area (Å²) in [7, 11) is 0. The zero-order valence-corrected chi connectivity index (χ0v) is 13.1. The van der Waals surface area contributed by atoms with Crippen molar-refractivity contribution >= 4 is 0 Å². The fourth-order valence-electron chi connectivity index (χ4n) is 2.61. The van der Waals surface area contributed by atoms with Crippen molar-refractivity contribution in [2.24, 2.45) is 0 Å². The van der Waals surface area contributed by atoms with E-state index in [1.54, 1.807) is 0 Å². The molecule has 0 saturated carbocycles. The number of benzene rings is 2. The summed E-state index contributed by atoms with van der Waals surface area (Å²) in [6, 6.07) is 16.1. The number of hydrogen-bond donors (Lipinski definition) is 1. The van der Waals surface area contributed by atoms with Gasteiger partial charge in [-0.2, -0.15) is 0 Å². The van der Waals surface area contributed by atoms with E-state index in [2.05, 4.69) is 50.4 Å². The van der Waals surface area contributed by atoms with Crippen molar-refractivity contribution in [3.05, 3.63) is 71.0 Å². The minimum Gasteiger partial charge on any atom is -0.308 e. The summed E-state index contributed by atoms with van der Waals surface area (Å²) in [6.45, 7) is 6.45. The Morgan fingerprint density at radius 3 is 2.43 bits per heavy atom. The lowest BCUT2D eigenvalue weighted by Crippen LogP contribution is -2.29. The standard InChI is InChI=1S/C19H24FN/c1-14-5-4-6-17(13-14)8-7-15(2)21-16(3)18-9-11-19(20)12-10-18/h4-6,9-13,15-16,21H,7-8H2,1-3H3/t15?,16-/m0/s1. The molecule has 0 aliphatic heterocycles. The molecule has 21 heavy (non-hydrogen) atoms. The molecule has 1 N–H and O–H groups in total. The molecule has 2 rings (SSSR count). The molecule has 0 heterocycles. The largest absolute Gasteiger partial charge is 0.308 e. The highest BCUT2D eigenvalue weighted by Gasteiger charge is 2.09. The van der Waals surface area contributed by atoms with Crippen LogP contribution in [0.4, 0.5) is 4.39 Å². The SMILES string of the molecule is Cc1cccc(CCC(C)N[C@@H](C)c2ccc(F)cc2)c1. The molecule has 1 unspecified atom stereocenters. The summed E-state index contributed by atoms with van der Waals surface area (Å²) in [5.74, 6) is -0.182. The Morgan fingerprint density at radius 1 is 1.05 bits per heavy atom. The summed E-state index contributed by atoms with van der Waals surface area (Å²) in [5.41, 5.74) is 3.82. The highest BCUT2D eigenvalue weighted by molar-refractivity contribution is 5.22. The Bertz CT molecular complexity index is 562. The lowest BCUT2D eigenvalue weighted by molar-refractivity contribution is 0.456. The average molecular weight is 285 g/mol. The van der Waals surface area contributed by atoms with E-state index in [0.29, 0.717) is 6.04 Å². The Morgan fingerprint density at radius 2 is 1.76 bits per heavy atom. The highest BCUT2D eigenvalue weighted by Crippen LogP contribution is 2.15. The molecule has 2 heteroatoms. The van der Waals surface area contributed by atoms with Crippen molar-refractivity contribution in [2.75, 3.05) is 0 Å². The molecule has 0 aliphatic rings. The number of hydrogen-bond acceptors (Lipinski definition) is 1. The third kappa shape index (κ3) is 4.98. The van der Waals surface area contributed by atoms with Crippen LogP contribution >= 0.6 is 0 Å². The van der Waals surface area contributed by atoms with Crippen molar-refractivity contribution in [1.82, 2.24) is 5.32 Å². The van der Waals surface area contributed by atoms with E-state index < -0.39 is 0 Å². The number of halogens is 1. The van der Waals surface area contributed by atoms with E-state index in [1.165, 1.54) is 23.3 Å². The molecule has 2 aromatic carbocycles. The molecule has 1 nitrogen and oxygen atoms in total. The van der Waals surface area contributed by atoms with Gasteiger partial charge >= 0.3 is 0 Å². The lowest BCUT2D eigenvalue weighted by atomic mass is 10.0. The van der Waals surface area contributed by atoms with Crippen molar-refractivity contribution < 1.29 is 4.39 Å². The molecule has 0 aliphatic carbocycles. The normalized spacial score (nSPS) is 13.9. The van der Waals surface area contributed by atoms with E-state index in [-0.39, 0.29) is 11.9 Å². The van der Waals surface area contributed by atoms with Crippen molar-refractivity contribution in [3.63, 3.8) is 0 Å². The zero-order chi connectivity index (χ0) is 15.2. The molecular formula is C19H24FN. The van der Waals surface area contributed by atoms with E-state index in [9.17, 15) is 4.39 Å².